The minimum Gasteiger partial charge on any atom is -0.378 e. The summed E-state index contributed by atoms with van der Waals surface area (Å²) < 4.78 is 5.30. The number of likely N-dealkylation sites (tertiary alicyclic amines) is 1. The Morgan fingerprint density at radius 2 is 1.86 bits per heavy atom. The van der Waals surface area contributed by atoms with Crippen LogP contribution in [0.3, 0.4) is 0 Å². The van der Waals surface area contributed by atoms with Crippen molar-refractivity contribution in [3.8, 4) is 0 Å². The normalized spacial score (nSPS) is 27.4. The lowest BCUT2D eigenvalue weighted by Crippen LogP contribution is -2.50. The van der Waals surface area contributed by atoms with Crippen molar-refractivity contribution in [2.75, 3.05) is 45.9 Å². The quantitative estimate of drug-likeness (QED) is 0.782. The minimum atomic E-state index is 0.0468. The van der Waals surface area contributed by atoms with Gasteiger partial charge in [-0.2, -0.15) is 0 Å². The molecule has 21 heavy (non-hydrogen) atoms. The molecule has 0 aromatic heterocycles. The third-order valence-corrected chi connectivity index (χ3v) is 4.49. The van der Waals surface area contributed by atoms with Crippen LogP contribution in [0.2, 0.25) is 0 Å². The van der Waals surface area contributed by atoms with Crippen LogP contribution >= 0.6 is 0 Å². The first-order valence-corrected chi connectivity index (χ1v) is 8.10. The number of ether oxygens (including phenoxy) is 1. The molecule has 2 aliphatic heterocycles. The van der Waals surface area contributed by atoms with E-state index in [1.54, 1.807) is 0 Å². The Hall–Kier alpha value is -1.14. The van der Waals surface area contributed by atoms with Crippen LogP contribution < -0.4 is 5.32 Å². The Morgan fingerprint density at radius 1 is 1.10 bits per heavy atom. The van der Waals surface area contributed by atoms with Crippen molar-refractivity contribution in [2.24, 2.45) is 5.92 Å². The zero-order chi connectivity index (χ0) is 14.7. The molecule has 3 rings (SSSR count). The summed E-state index contributed by atoms with van der Waals surface area (Å²) >= 11 is 0. The summed E-state index contributed by atoms with van der Waals surface area (Å²) in [4.78, 5) is 28.4. The summed E-state index contributed by atoms with van der Waals surface area (Å²) in [6.07, 6.45) is 4.17. The number of nitrogens with zero attached hydrogens (tertiary/aromatic N) is 2. The summed E-state index contributed by atoms with van der Waals surface area (Å²) in [5.41, 5.74) is 0. The second-order valence-corrected chi connectivity index (χ2v) is 6.35. The van der Waals surface area contributed by atoms with E-state index in [1.165, 1.54) is 0 Å². The van der Waals surface area contributed by atoms with Crippen molar-refractivity contribution in [1.82, 2.24) is 15.1 Å². The first-order valence-electron chi connectivity index (χ1n) is 8.10. The lowest BCUT2D eigenvalue weighted by molar-refractivity contribution is -0.142. The van der Waals surface area contributed by atoms with Crippen molar-refractivity contribution >= 4 is 11.8 Å². The molecule has 3 fully saturated rings. The number of hydrogen-bond acceptors (Lipinski definition) is 4. The molecule has 1 saturated carbocycles. The van der Waals surface area contributed by atoms with Crippen molar-refractivity contribution in [1.29, 1.82) is 0 Å². The highest BCUT2D eigenvalue weighted by Gasteiger charge is 2.31. The zero-order valence-corrected chi connectivity index (χ0v) is 12.6. The maximum atomic E-state index is 12.5. The van der Waals surface area contributed by atoms with Crippen LogP contribution in [0.1, 0.15) is 25.7 Å². The molecule has 2 amide bonds. The van der Waals surface area contributed by atoms with Crippen molar-refractivity contribution < 1.29 is 14.3 Å². The van der Waals surface area contributed by atoms with Gasteiger partial charge in [0.25, 0.3) is 0 Å². The molecule has 0 bridgehead atoms. The fourth-order valence-corrected chi connectivity index (χ4v) is 3.15. The second kappa shape index (κ2) is 6.75. The number of carbonyl (C=O) groups is 2. The lowest BCUT2D eigenvalue weighted by Gasteiger charge is -2.35. The van der Waals surface area contributed by atoms with Gasteiger partial charge in [0, 0.05) is 25.7 Å². The van der Waals surface area contributed by atoms with Crippen LogP contribution in [0.5, 0.6) is 0 Å². The molecular weight excluding hydrogens is 270 g/mol. The number of carbonyl (C=O) groups excluding carboxylic acids is 2. The summed E-state index contributed by atoms with van der Waals surface area (Å²) in [5.74, 6) is 0.396. The van der Waals surface area contributed by atoms with Crippen LogP contribution in [-0.2, 0) is 14.3 Å². The fraction of sp³-hybridized carbons (Fsp3) is 0.867. The number of nitrogens with one attached hydrogen (secondary N) is 1. The molecule has 6 nitrogen and oxygen atoms in total. The highest BCUT2D eigenvalue weighted by atomic mass is 16.5. The third-order valence-electron chi connectivity index (χ3n) is 4.49. The molecule has 0 radical (unpaired) electrons. The Labute approximate surface area is 125 Å². The first kappa shape index (κ1) is 14.8. The topological polar surface area (TPSA) is 61.9 Å². The monoisotopic (exact) mass is 295 g/mol. The highest BCUT2D eigenvalue weighted by molar-refractivity contribution is 5.80. The van der Waals surface area contributed by atoms with E-state index >= 15 is 0 Å². The first-order chi connectivity index (χ1) is 10.2. The van der Waals surface area contributed by atoms with Crippen LogP contribution in [0.4, 0.5) is 0 Å². The van der Waals surface area contributed by atoms with Crippen molar-refractivity contribution in [3.05, 3.63) is 0 Å². The van der Waals surface area contributed by atoms with Gasteiger partial charge in [-0.3, -0.25) is 14.5 Å². The van der Waals surface area contributed by atoms with Gasteiger partial charge in [0.15, 0.2) is 0 Å². The Kier molecular flexibility index (Phi) is 4.75. The summed E-state index contributed by atoms with van der Waals surface area (Å²) in [7, 11) is 0. The van der Waals surface area contributed by atoms with Gasteiger partial charge in [-0.1, -0.05) is 0 Å². The molecule has 1 atom stereocenters. The summed E-state index contributed by atoms with van der Waals surface area (Å²) in [5, 5.41) is 3.02. The number of amides is 2. The van der Waals surface area contributed by atoms with Crippen molar-refractivity contribution in [3.63, 3.8) is 0 Å². The Morgan fingerprint density at radius 3 is 2.57 bits per heavy atom. The van der Waals surface area contributed by atoms with Gasteiger partial charge >= 0.3 is 0 Å². The average Bonchev–Trinajstić information content (AvgIpc) is 3.31. The van der Waals surface area contributed by atoms with Gasteiger partial charge in [-0.25, -0.2) is 0 Å². The van der Waals surface area contributed by atoms with E-state index in [0.29, 0.717) is 45.4 Å². The van der Waals surface area contributed by atoms with Crippen molar-refractivity contribution in [2.45, 2.75) is 31.7 Å². The van der Waals surface area contributed by atoms with E-state index < -0.39 is 0 Å². The SMILES string of the molecule is O=C(CN1CCCC(C(=O)N2CCOCC2)C1)NC1CC1. The summed E-state index contributed by atoms with van der Waals surface area (Å²) in [6.45, 7) is 4.77. The standard InChI is InChI=1S/C15H25N3O3/c19-14(16-13-3-4-13)11-17-5-1-2-12(10-17)15(20)18-6-8-21-9-7-18/h12-13H,1-11H2,(H,16,19). The van der Waals surface area contributed by atoms with E-state index in [0.717, 1.165) is 32.2 Å². The van der Waals surface area contributed by atoms with E-state index in [-0.39, 0.29) is 17.7 Å². The van der Waals surface area contributed by atoms with Gasteiger partial charge in [-0.05, 0) is 32.2 Å². The smallest absolute Gasteiger partial charge is 0.234 e. The maximum absolute atomic E-state index is 12.5. The molecule has 2 heterocycles. The van der Waals surface area contributed by atoms with Crippen LogP contribution in [0.25, 0.3) is 0 Å². The van der Waals surface area contributed by atoms with Crippen LogP contribution in [0, 0.1) is 5.92 Å². The van der Waals surface area contributed by atoms with Gasteiger partial charge < -0.3 is 15.0 Å². The second-order valence-electron chi connectivity index (χ2n) is 6.35. The number of rotatable bonds is 4. The predicted octanol–water partition coefficient (Wildman–Crippen LogP) is -0.164. The van der Waals surface area contributed by atoms with E-state index in [2.05, 4.69) is 10.2 Å². The Bertz CT molecular complexity index is 392. The van der Waals surface area contributed by atoms with Crippen LogP contribution in [0.15, 0.2) is 0 Å². The molecular formula is C15H25N3O3. The maximum Gasteiger partial charge on any atom is 0.234 e. The number of piperidine rings is 1. The number of hydrogen-bond donors (Lipinski definition) is 1. The molecule has 0 spiro atoms. The van der Waals surface area contributed by atoms with Gasteiger partial charge in [0.1, 0.15) is 0 Å². The molecule has 1 N–H and O–H groups in total. The van der Waals surface area contributed by atoms with Gasteiger partial charge in [0.2, 0.25) is 11.8 Å². The molecule has 118 valence electrons. The molecule has 2 saturated heterocycles. The average molecular weight is 295 g/mol. The zero-order valence-electron chi connectivity index (χ0n) is 12.6. The van der Waals surface area contributed by atoms with Gasteiger partial charge in [0.05, 0.1) is 25.7 Å². The summed E-state index contributed by atoms with van der Waals surface area (Å²) in [6, 6.07) is 0.410. The molecule has 3 aliphatic rings. The fourth-order valence-electron chi connectivity index (χ4n) is 3.15. The van der Waals surface area contributed by atoms with E-state index in [9.17, 15) is 9.59 Å². The minimum absolute atomic E-state index is 0.0468. The molecule has 6 heteroatoms. The van der Waals surface area contributed by atoms with Gasteiger partial charge in [-0.15, -0.1) is 0 Å². The molecule has 1 aliphatic carbocycles. The van der Waals surface area contributed by atoms with E-state index in [4.69, 9.17) is 4.74 Å². The Balaban J connectivity index is 1.47. The third kappa shape index (κ3) is 4.17. The van der Waals surface area contributed by atoms with Crippen LogP contribution in [-0.4, -0.2) is 73.6 Å². The molecule has 0 aromatic carbocycles. The predicted molar refractivity (Wildman–Crippen MR) is 77.7 cm³/mol. The highest BCUT2D eigenvalue weighted by Crippen LogP contribution is 2.21. The largest absolute Gasteiger partial charge is 0.378 e. The lowest BCUT2D eigenvalue weighted by atomic mass is 9.96. The molecule has 0 aromatic rings. The van der Waals surface area contributed by atoms with E-state index in [1.807, 2.05) is 4.90 Å². The number of morpholine rings is 1. The molecule has 1 unspecified atom stereocenters.